The molecule has 3 N–H and O–H groups in total. The van der Waals surface area contributed by atoms with E-state index in [4.69, 9.17) is 28.9 Å². The van der Waals surface area contributed by atoms with Gasteiger partial charge in [-0.05, 0) is 26.0 Å². The topological polar surface area (TPSA) is 111 Å². The lowest BCUT2D eigenvalue weighted by molar-refractivity contribution is -0.122. The van der Waals surface area contributed by atoms with Crippen LogP contribution in [0.4, 0.5) is 0 Å². The number of nitrogens with one attached hydrogen (secondary N) is 1. The van der Waals surface area contributed by atoms with E-state index in [9.17, 15) is 14.4 Å². The lowest BCUT2D eigenvalue weighted by Crippen LogP contribution is -2.36. The van der Waals surface area contributed by atoms with Crippen molar-refractivity contribution in [2.24, 2.45) is 5.73 Å². The molecule has 0 bridgehead atoms. The fourth-order valence-electron chi connectivity index (χ4n) is 1.94. The van der Waals surface area contributed by atoms with Gasteiger partial charge in [-0.2, -0.15) is 9.78 Å². The summed E-state index contributed by atoms with van der Waals surface area (Å²) in [6.45, 7) is 3.18. The summed E-state index contributed by atoms with van der Waals surface area (Å²) in [4.78, 5) is 36.4. The summed E-state index contributed by atoms with van der Waals surface area (Å²) in [6.07, 6.45) is 0.949. The van der Waals surface area contributed by atoms with Crippen molar-refractivity contribution in [3.63, 3.8) is 0 Å². The number of hydrogen-bond acceptors (Lipinski definition) is 4. The van der Waals surface area contributed by atoms with Crippen molar-refractivity contribution in [1.29, 1.82) is 0 Å². The van der Waals surface area contributed by atoms with Gasteiger partial charge in [-0.15, -0.1) is 0 Å². The van der Waals surface area contributed by atoms with E-state index in [2.05, 4.69) is 10.1 Å². The Balaban J connectivity index is 2.68. The van der Waals surface area contributed by atoms with Crippen molar-refractivity contribution < 1.29 is 4.79 Å². The molecule has 0 atom stereocenters. The average Bonchev–Trinajstić information content (AvgIpc) is 2.36. The standard InChI is InChI=1S/C13H12Cl2N4O3/c1-13(2,11(16)21)10-7(14)3-6(4-8(10)15)19-12(22)18-9(20)5-17-19/h3-5H,1-2H3,(H2,16,21)(H,18,20,22). The van der Waals surface area contributed by atoms with Gasteiger partial charge in [0.25, 0.3) is 5.56 Å². The number of nitrogens with two attached hydrogens (primary N) is 1. The molecular weight excluding hydrogens is 331 g/mol. The Kier molecular flexibility index (Phi) is 4.12. The number of amides is 1. The minimum absolute atomic E-state index is 0.159. The van der Waals surface area contributed by atoms with Gasteiger partial charge in [-0.25, -0.2) is 4.79 Å². The predicted molar refractivity (Wildman–Crippen MR) is 82.7 cm³/mol. The molecule has 7 nitrogen and oxygen atoms in total. The van der Waals surface area contributed by atoms with E-state index in [1.54, 1.807) is 13.8 Å². The average molecular weight is 343 g/mol. The zero-order chi connectivity index (χ0) is 16.7. The number of H-pyrrole nitrogens is 1. The van der Waals surface area contributed by atoms with Crippen LogP contribution < -0.4 is 17.0 Å². The van der Waals surface area contributed by atoms with Crippen molar-refractivity contribution in [3.8, 4) is 5.69 Å². The number of carbonyl (C=O) groups excluding carboxylic acids is 1. The van der Waals surface area contributed by atoms with Crippen LogP contribution in [0.3, 0.4) is 0 Å². The molecule has 1 aromatic heterocycles. The number of primary amides is 1. The van der Waals surface area contributed by atoms with Gasteiger partial charge < -0.3 is 5.73 Å². The van der Waals surface area contributed by atoms with Crippen molar-refractivity contribution in [3.05, 3.63) is 54.8 Å². The molecule has 0 aliphatic heterocycles. The number of halogens is 2. The Morgan fingerprint density at radius 1 is 1.27 bits per heavy atom. The summed E-state index contributed by atoms with van der Waals surface area (Å²) in [5.74, 6) is -0.594. The molecule has 2 rings (SSSR count). The molecule has 0 saturated carbocycles. The van der Waals surface area contributed by atoms with Gasteiger partial charge in [-0.3, -0.25) is 14.6 Å². The maximum Gasteiger partial charge on any atom is 0.349 e. The van der Waals surface area contributed by atoms with E-state index in [1.165, 1.54) is 12.1 Å². The molecule has 0 radical (unpaired) electrons. The maximum atomic E-state index is 11.7. The number of nitrogens with zero attached hydrogens (tertiary/aromatic N) is 2. The number of aromatic nitrogens is 3. The van der Waals surface area contributed by atoms with Gasteiger partial charge in [-0.1, -0.05) is 23.2 Å². The second-order valence-electron chi connectivity index (χ2n) is 5.12. The van der Waals surface area contributed by atoms with E-state index >= 15 is 0 Å². The molecule has 1 aromatic carbocycles. The summed E-state index contributed by atoms with van der Waals surface area (Å²) in [6, 6.07) is 2.83. The fourth-order valence-corrected chi connectivity index (χ4v) is 2.89. The first-order chi connectivity index (χ1) is 10.1. The third-order valence-electron chi connectivity index (χ3n) is 3.23. The highest BCUT2D eigenvalue weighted by Gasteiger charge is 2.32. The second-order valence-corrected chi connectivity index (χ2v) is 5.94. The highest BCUT2D eigenvalue weighted by Crippen LogP contribution is 2.37. The minimum atomic E-state index is -1.09. The molecule has 9 heteroatoms. The SMILES string of the molecule is CC(C)(C(N)=O)c1c(Cl)cc(-n2ncc(=O)[nH]c2=O)cc1Cl. The van der Waals surface area contributed by atoms with Gasteiger partial charge in [0.1, 0.15) is 6.20 Å². The van der Waals surface area contributed by atoms with Crippen molar-refractivity contribution in [2.45, 2.75) is 19.3 Å². The third-order valence-corrected chi connectivity index (χ3v) is 3.82. The van der Waals surface area contributed by atoms with Crippen LogP contribution in [0.1, 0.15) is 19.4 Å². The molecule has 0 aliphatic carbocycles. The van der Waals surface area contributed by atoms with Crippen LogP contribution in [-0.2, 0) is 10.2 Å². The Labute approximate surface area is 134 Å². The van der Waals surface area contributed by atoms with Gasteiger partial charge >= 0.3 is 5.69 Å². The van der Waals surface area contributed by atoms with Crippen molar-refractivity contribution in [1.82, 2.24) is 14.8 Å². The predicted octanol–water partition coefficient (Wildman–Crippen LogP) is 0.991. The fraction of sp³-hybridized carbons (Fsp3) is 0.231. The van der Waals surface area contributed by atoms with Crippen LogP contribution in [0.15, 0.2) is 27.9 Å². The van der Waals surface area contributed by atoms with Gasteiger partial charge in [0.15, 0.2) is 0 Å². The largest absolute Gasteiger partial charge is 0.369 e. The first-order valence-electron chi connectivity index (χ1n) is 6.13. The summed E-state index contributed by atoms with van der Waals surface area (Å²) in [5.41, 5.74) is 3.53. The molecule has 0 spiro atoms. The molecule has 0 fully saturated rings. The lowest BCUT2D eigenvalue weighted by atomic mass is 9.83. The first kappa shape index (κ1) is 16.3. The zero-order valence-electron chi connectivity index (χ0n) is 11.7. The maximum absolute atomic E-state index is 11.7. The van der Waals surface area contributed by atoms with Crippen LogP contribution >= 0.6 is 23.2 Å². The highest BCUT2D eigenvalue weighted by atomic mass is 35.5. The smallest absolute Gasteiger partial charge is 0.349 e. The summed E-state index contributed by atoms with van der Waals surface area (Å²) < 4.78 is 0.931. The number of hydrogen-bond donors (Lipinski definition) is 2. The van der Waals surface area contributed by atoms with Gasteiger partial charge in [0.05, 0.1) is 11.1 Å². The summed E-state index contributed by atoms with van der Waals surface area (Å²) in [5, 5.41) is 4.03. The first-order valence-corrected chi connectivity index (χ1v) is 6.88. The van der Waals surface area contributed by atoms with Crippen molar-refractivity contribution in [2.75, 3.05) is 0 Å². The molecule has 0 unspecified atom stereocenters. The quantitative estimate of drug-likeness (QED) is 0.866. The summed E-state index contributed by atoms with van der Waals surface area (Å²) >= 11 is 12.4. The van der Waals surface area contributed by atoms with Crippen LogP contribution in [0.5, 0.6) is 0 Å². The zero-order valence-corrected chi connectivity index (χ0v) is 13.2. The Bertz CT molecular complexity index is 847. The molecule has 2 aromatic rings. The summed E-state index contributed by atoms with van der Waals surface area (Å²) in [7, 11) is 0. The molecule has 1 amide bonds. The van der Waals surface area contributed by atoms with Crippen LogP contribution in [0.2, 0.25) is 10.0 Å². The normalized spacial score (nSPS) is 11.5. The number of benzene rings is 1. The van der Waals surface area contributed by atoms with E-state index in [0.29, 0.717) is 5.56 Å². The molecule has 116 valence electrons. The van der Waals surface area contributed by atoms with Gasteiger partial charge in [0, 0.05) is 15.6 Å². The third kappa shape index (κ3) is 2.77. The lowest BCUT2D eigenvalue weighted by Gasteiger charge is -2.24. The van der Waals surface area contributed by atoms with E-state index in [1.807, 2.05) is 0 Å². The van der Waals surface area contributed by atoms with Crippen LogP contribution in [0.25, 0.3) is 5.69 Å². The van der Waals surface area contributed by atoms with Gasteiger partial charge in [0.2, 0.25) is 5.91 Å². The number of aromatic amines is 1. The van der Waals surface area contributed by atoms with Crippen LogP contribution in [-0.4, -0.2) is 20.7 Å². The molecular formula is C13H12Cl2N4O3. The molecule has 22 heavy (non-hydrogen) atoms. The highest BCUT2D eigenvalue weighted by molar-refractivity contribution is 6.37. The van der Waals surface area contributed by atoms with E-state index in [0.717, 1.165) is 10.9 Å². The monoisotopic (exact) mass is 342 g/mol. The van der Waals surface area contributed by atoms with Crippen LogP contribution in [0, 0.1) is 0 Å². The molecule has 1 heterocycles. The Hall–Kier alpha value is -2.12. The van der Waals surface area contributed by atoms with E-state index < -0.39 is 22.6 Å². The molecule has 0 saturated heterocycles. The Morgan fingerprint density at radius 2 is 1.82 bits per heavy atom. The van der Waals surface area contributed by atoms with Crippen molar-refractivity contribution >= 4 is 29.1 Å². The molecule has 0 aliphatic rings. The minimum Gasteiger partial charge on any atom is -0.369 e. The second kappa shape index (κ2) is 5.58. The number of carbonyl (C=O) groups is 1. The number of rotatable bonds is 3. The van der Waals surface area contributed by atoms with E-state index in [-0.39, 0.29) is 15.7 Å². The Morgan fingerprint density at radius 3 is 2.27 bits per heavy atom.